The Hall–Kier alpha value is -1.13. The fourth-order valence-electron chi connectivity index (χ4n) is 1.82. The van der Waals surface area contributed by atoms with Gasteiger partial charge in [-0.05, 0) is 36.3 Å². The van der Waals surface area contributed by atoms with Gasteiger partial charge in [-0.25, -0.2) is 0 Å². The maximum Gasteiger partial charge on any atom is -0.0236 e. The molecule has 0 aliphatic heterocycles. The van der Waals surface area contributed by atoms with Crippen LogP contribution in [0.1, 0.15) is 11.1 Å². The third-order valence-corrected chi connectivity index (χ3v) is 3.88. The number of hydrogen-bond acceptors (Lipinski definition) is 0. The molecule has 0 bridgehead atoms. The minimum Gasteiger partial charge on any atom is -0.0803 e. The molecule has 0 nitrogen and oxygen atoms in total. The van der Waals surface area contributed by atoms with Crippen LogP contribution in [-0.2, 0) is 12.8 Å². The molecule has 0 fully saturated rings. The molecule has 2 aromatic carbocycles. The van der Waals surface area contributed by atoms with Gasteiger partial charge in [0.15, 0.2) is 0 Å². The average molecular weight is 241 g/mol. The lowest BCUT2D eigenvalue weighted by Crippen LogP contribution is -1.90. The first-order valence-corrected chi connectivity index (χ1v) is 7.43. The zero-order chi connectivity index (χ0) is 11.8. The average Bonchev–Trinajstić information content (AvgIpc) is 2.41. The second-order valence-corrected chi connectivity index (χ2v) is 5.48. The van der Waals surface area contributed by atoms with Crippen molar-refractivity contribution >= 4 is 8.58 Å². The van der Waals surface area contributed by atoms with Crippen LogP contribution in [0.25, 0.3) is 0 Å². The second-order valence-electron chi connectivity index (χ2n) is 4.14. The van der Waals surface area contributed by atoms with Gasteiger partial charge in [-0.1, -0.05) is 69.2 Å². The van der Waals surface area contributed by atoms with E-state index in [4.69, 9.17) is 0 Å². The molecule has 87 valence electrons. The first-order chi connectivity index (χ1) is 8.45. The summed E-state index contributed by atoms with van der Waals surface area (Å²) in [5, 5.41) is 0. The molecule has 2 aromatic rings. The van der Waals surface area contributed by atoms with Crippen molar-refractivity contribution in [3.8, 4) is 0 Å². The molecule has 0 heterocycles. The van der Waals surface area contributed by atoms with E-state index in [2.05, 4.69) is 60.7 Å². The lowest BCUT2D eigenvalue weighted by molar-refractivity contribution is 1.12. The van der Waals surface area contributed by atoms with Crippen molar-refractivity contribution in [2.75, 3.05) is 12.3 Å². The molecule has 1 radical (unpaired) electrons. The summed E-state index contributed by atoms with van der Waals surface area (Å²) in [5.74, 6) is 0. The lowest BCUT2D eigenvalue weighted by atomic mass is 10.2. The van der Waals surface area contributed by atoms with Crippen molar-refractivity contribution in [1.29, 1.82) is 0 Å². The summed E-state index contributed by atoms with van der Waals surface area (Å²) in [4.78, 5) is 0. The molecule has 0 aliphatic carbocycles. The summed E-state index contributed by atoms with van der Waals surface area (Å²) in [7, 11) is 1.56. The highest BCUT2D eigenvalue weighted by Crippen LogP contribution is 2.15. The highest BCUT2D eigenvalue weighted by molar-refractivity contribution is 7.37. The van der Waals surface area contributed by atoms with E-state index in [1.165, 1.54) is 36.3 Å². The Morgan fingerprint density at radius 1 is 0.588 bits per heavy atom. The van der Waals surface area contributed by atoms with Crippen LogP contribution < -0.4 is 0 Å². The topological polar surface area (TPSA) is 0 Å². The van der Waals surface area contributed by atoms with Crippen LogP contribution in [0.5, 0.6) is 0 Å². The SMILES string of the molecule is c1ccc(CC[P]CCc2ccccc2)cc1. The van der Waals surface area contributed by atoms with Crippen LogP contribution in [0.4, 0.5) is 0 Å². The van der Waals surface area contributed by atoms with Crippen LogP contribution in [0, 0.1) is 0 Å². The molecule has 0 amide bonds. The second kappa shape index (κ2) is 7.25. The minimum atomic E-state index is 1.21. The summed E-state index contributed by atoms with van der Waals surface area (Å²) in [6, 6.07) is 21.5. The van der Waals surface area contributed by atoms with Crippen molar-refractivity contribution in [3.05, 3.63) is 71.8 Å². The van der Waals surface area contributed by atoms with Gasteiger partial charge in [-0.15, -0.1) is 0 Å². The maximum atomic E-state index is 2.21. The molecule has 0 unspecified atom stereocenters. The predicted molar refractivity (Wildman–Crippen MR) is 76.9 cm³/mol. The Morgan fingerprint density at radius 2 is 1.00 bits per heavy atom. The van der Waals surface area contributed by atoms with Gasteiger partial charge in [0.1, 0.15) is 0 Å². The van der Waals surface area contributed by atoms with Crippen LogP contribution in [-0.4, -0.2) is 12.3 Å². The molecule has 0 atom stereocenters. The van der Waals surface area contributed by atoms with Gasteiger partial charge in [0.2, 0.25) is 0 Å². The third kappa shape index (κ3) is 4.71. The molecule has 0 spiro atoms. The third-order valence-electron chi connectivity index (χ3n) is 2.80. The van der Waals surface area contributed by atoms with Crippen molar-refractivity contribution in [3.63, 3.8) is 0 Å². The molecule has 0 saturated heterocycles. The van der Waals surface area contributed by atoms with Crippen LogP contribution in [0.3, 0.4) is 0 Å². The molecule has 0 aromatic heterocycles. The summed E-state index contributed by atoms with van der Waals surface area (Å²) >= 11 is 0. The highest BCUT2D eigenvalue weighted by atomic mass is 31.1. The van der Waals surface area contributed by atoms with E-state index < -0.39 is 0 Å². The molecule has 17 heavy (non-hydrogen) atoms. The smallest absolute Gasteiger partial charge is 0.0236 e. The normalized spacial score (nSPS) is 10.4. The summed E-state index contributed by atoms with van der Waals surface area (Å²) in [6.07, 6.45) is 4.96. The standard InChI is InChI=1S/C16H18P/c1-3-7-15(8-4-1)11-13-17-14-12-16-9-5-2-6-10-16/h1-10H,11-14H2. The Bertz CT molecular complexity index is 367. The Balaban J connectivity index is 1.61. The van der Waals surface area contributed by atoms with Crippen LogP contribution in [0.2, 0.25) is 0 Å². The number of benzene rings is 2. The van der Waals surface area contributed by atoms with E-state index in [1.807, 2.05) is 0 Å². The molecular weight excluding hydrogens is 223 g/mol. The predicted octanol–water partition coefficient (Wildman–Crippen LogP) is 4.42. The Morgan fingerprint density at radius 3 is 1.41 bits per heavy atom. The van der Waals surface area contributed by atoms with Gasteiger partial charge in [-0.2, -0.15) is 0 Å². The summed E-state index contributed by atoms with van der Waals surface area (Å²) in [5.41, 5.74) is 2.92. The lowest BCUT2D eigenvalue weighted by Gasteiger charge is -2.02. The van der Waals surface area contributed by atoms with E-state index >= 15 is 0 Å². The molecule has 0 N–H and O–H groups in total. The fraction of sp³-hybridized carbons (Fsp3) is 0.250. The molecule has 2 rings (SSSR count). The van der Waals surface area contributed by atoms with Crippen LogP contribution >= 0.6 is 8.58 Å². The number of hydrogen-bond donors (Lipinski definition) is 0. The molecular formula is C16H18P. The number of rotatable bonds is 6. The van der Waals surface area contributed by atoms with E-state index in [0.717, 1.165) is 0 Å². The van der Waals surface area contributed by atoms with E-state index in [1.54, 1.807) is 8.58 Å². The van der Waals surface area contributed by atoms with E-state index in [-0.39, 0.29) is 0 Å². The van der Waals surface area contributed by atoms with Gasteiger partial charge in [-0.3, -0.25) is 0 Å². The van der Waals surface area contributed by atoms with Crippen molar-refractivity contribution < 1.29 is 0 Å². The Labute approximate surface area is 106 Å². The van der Waals surface area contributed by atoms with Gasteiger partial charge in [0.25, 0.3) is 0 Å². The molecule has 0 aliphatic rings. The van der Waals surface area contributed by atoms with Gasteiger partial charge in [0.05, 0.1) is 0 Å². The van der Waals surface area contributed by atoms with Gasteiger partial charge in [0, 0.05) is 0 Å². The number of aryl methyl sites for hydroxylation is 2. The van der Waals surface area contributed by atoms with Crippen molar-refractivity contribution in [1.82, 2.24) is 0 Å². The van der Waals surface area contributed by atoms with Crippen LogP contribution in [0.15, 0.2) is 60.7 Å². The largest absolute Gasteiger partial charge is 0.0803 e. The Kier molecular flexibility index (Phi) is 5.26. The maximum absolute atomic E-state index is 2.21. The molecule has 0 saturated carbocycles. The highest BCUT2D eigenvalue weighted by Gasteiger charge is 1.94. The van der Waals surface area contributed by atoms with Crippen molar-refractivity contribution in [2.45, 2.75) is 12.8 Å². The zero-order valence-corrected chi connectivity index (χ0v) is 10.9. The quantitative estimate of drug-likeness (QED) is 0.519. The molecule has 1 heteroatoms. The monoisotopic (exact) mass is 241 g/mol. The van der Waals surface area contributed by atoms with Gasteiger partial charge >= 0.3 is 0 Å². The first-order valence-electron chi connectivity index (χ1n) is 6.16. The summed E-state index contributed by atoms with van der Waals surface area (Å²) in [6.45, 7) is 0. The minimum absolute atomic E-state index is 1.21. The summed E-state index contributed by atoms with van der Waals surface area (Å²) < 4.78 is 0. The first kappa shape index (κ1) is 12.3. The fourth-order valence-corrected chi connectivity index (χ4v) is 2.87. The van der Waals surface area contributed by atoms with Gasteiger partial charge < -0.3 is 0 Å². The van der Waals surface area contributed by atoms with E-state index in [9.17, 15) is 0 Å². The van der Waals surface area contributed by atoms with E-state index in [0.29, 0.717) is 0 Å². The van der Waals surface area contributed by atoms with Crippen molar-refractivity contribution in [2.24, 2.45) is 0 Å². The zero-order valence-electron chi connectivity index (χ0n) is 10.0.